The van der Waals surface area contributed by atoms with Crippen LogP contribution in [0.2, 0.25) is 0 Å². The normalized spacial score (nSPS) is 12.0. The van der Waals surface area contributed by atoms with Gasteiger partial charge in [0, 0.05) is 26.2 Å². The van der Waals surface area contributed by atoms with E-state index >= 15 is 0 Å². The third-order valence-electron chi connectivity index (χ3n) is 3.63. The molecular formula is C15H36N4. The molecule has 0 amide bonds. The number of hydrogen-bond acceptors (Lipinski definition) is 4. The molecule has 0 bridgehead atoms. The van der Waals surface area contributed by atoms with Gasteiger partial charge in [-0.2, -0.15) is 0 Å². The predicted octanol–water partition coefficient (Wildman–Crippen LogP) is 1.19. The van der Waals surface area contributed by atoms with E-state index in [2.05, 4.69) is 54.9 Å². The van der Waals surface area contributed by atoms with E-state index in [0.29, 0.717) is 0 Å². The number of rotatable bonds is 13. The molecule has 0 aromatic heterocycles. The lowest BCUT2D eigenvalue weighted by Crippen LogP contribution is -2.36. The van der Waals surface area contributed by atoms with E-state index in [1.807, 2.05) is 0 Å². The van der Waals surface area contributed by atoms with E-state index in [4.69, 9.17) is 0 Å². The van der Waals surface area contributed by atoms with Crippen LogP contribution in [-0.4, -0.2) is 87.7 Å². The summed E-state index contributed by atoms with van der Waals surface area (Å²) in [6.07, 6.45) is 1.28. The molecule has 0 aromatic carbocycles. The van der Waals surface area contributed by atoms with Gasteiger partial charge in [0.1, 0.15) is 0 Å². The smallest absolute Gasteiger partial charge is 0.0107 e. The van der Waals surface area contributed by atoms with E-state index in [0.717, 1.165) is 26.2 Å². The van der Waals surface area contributed by atoms with Crippen molar-refractivity contribution in [3.05, 3.63) is 0 Å². The molecule has 0 atom stereocenters. The molecule has 116 valence electrons. The van der Waals surface area contributed by atoms with Crippen molar-refractivity contribution in [2.45, 2.75) is 27.2 Å². The molecule has 0 radical (unpaired) electrons. The summed E-state index contributed by atoms with van der Waals surface area (Å²) in [5.41, 5.74) is 0. The van der Waals surface area contributed by atoms with Crippen molar-refractivity contribution < 1.29 is 0 Å². The van der Waals surface area contributed by atoms with Crippen LogP contribution in [0.1, 0.15) is 27.2 Å². The second-order valence-corrected chi connectivity index (χ2v) is 5.37. The molecule has 0 spiro atoms. The topological polar surface area (TPSA) is 21.8 Å². The third-order valence-corrected chi connectivity index (χ3v) is 3.63. The van der Waals surface area contributed by atoms with E-state index in [1.165, 1.54) is 39.1 Å². The van der Waals surface area contributed by atoms with Crippen LogP contribution in [0.15, 0.2) is 0 Å². The Morgan fingerprint density at radius 2 is 1.21 bits per heavy atom. The molecule has 0 rings (SSSR count). The lowest BCUT2D eigenvalue weighted by atomic mass is 10.3. The highest BCUT2D eigenvalue weighted by atomic mass is 15.2. The highest BCUT2D eigenvalue weighted by Crippen LogP contribution is 1.95. The van der Waals surface area contributed by atoms with Gasteiger partial charge in [-0.3, -0.25) is 0 Å². The summed E-state index contributed by atoms with van der Waals surface area (Å²) in [5, 5.41) is 3.51. The maximum Gasteiger partial charge on any atom is 0.0107 e. The maximum atomic E-state index is 3.51. The molecule has 19 heavy (non-hydrogen) atoms. The predicted molar refractivity (Wildman–Crippen MR) is 85.9 cm³/mol. The number of nitrogens with zero attached hydrogens (tertiary/aromatic N) is 3. The van der Waals surface area contributed by atoms with Crippen LogP contribution < -0.4 is 5.32 Å². The number of hydrogen-bond donors (Lipinski definition) is 1. The summed E-state index contributed by atoms with van der Waals surface area (Å²) in [5.74, 6) is 0. The van der Waals surface area contributed by atoms with Crippen LogP contribution in [0.4, 0.5) is 0 Å². The molecule has 0 saturated carbocycles. The van der Waals surface area contributed by atoms with Crippen molar-refractivity contribution in [1.29, 1.82) is 0 Å². The lowest BCUT2D eigenvalue weighted by Gasteiger charge is -2.23. The van der Waals surface area contributed by atoms with Crippen molar-refractivity contribution in [3.63, 3.8) is 0 Å². The Morgan fingerprint density at radius 1 is 0.684 bits per heavy atom. The summed E-state index contributed by atoms with van der Waals surface area (Å²) in [6.45, 7) is 17.2. The van der Waals surface area contributed by atoms with E-state index in [1.54, 1.807) is 0 Å². The molecular weight excluding hydrogens is 236 g/mol. The Balaban J connectivity index is 3.54. The summed E-state index contributed by atoms with van der Waals surface area (Å²) in [4.78, 5) is 7.27. The molecule has 4 heteroatoms. The van der Waals surface area contributed by atoms with Crippen LogP contribution in [0.5, 0.6) is 0 Å². The van der Waals surface area contributed by atoms with Crippen LogP contribution in [0.3, 0.4) is 0 Å². The molecule has 4 nitrogen and oxygen atoms in total. The van der Waals surface area contributed by atoms with E-state index in [-0.39, 0.29) is 0 Å². The minimum atomic E-state index is 1.09. The lowest BCUT2D eigenvalue weighted by molar-refractivity contribution is 0.243. The van der Waals surface area contributed by atoms with Crippen molar-refractivity contribution in [1.82, 2.24) is 20.0 Å². The van der Waals surface area contributed by atoms with Crippen LogP contribution in [0.25, 0.3) is 0 Å². The van der Waals surface area contributed by atoms with Gasteiger partial charge in [0.2, 0.25) is 0 Å². The summed E-state index contributed by atoms with van der Waals surface area (Å²) < 4.78 is 0. The molecule has 0 heterocycles. The second-order valence-electron chi connectivity index (χ2n) is 5.37. The van der Waals surface area contributed by atoms with Gasteiger partial charge in [0.25, 0.3) is 0 Å². The second kappa shape index (κ2) is 12.9. The quantitative estimate of drug-likeness (QED) is 0.508. The molecule has 0 aliphatic carbocycles. The van der Waals surface area contributed by atoms with Gasteiger partial charge in [-0.1, -0.05) is 20.8 Å². The summed E-state index contributed by atoms with van der Waals surface area (Å²) >= 11 is 0. The molecule has 0 aliphatic rings. The average molecular weight is 272 g/mol. The van der Waals surface area contributed by atoms with Gasteiger partial charge >= 0.3 is 0 Å². The standard InChI is InChI=1S/C15H36N4/c1-6-18(7-2)12-9-13-19(8-3)15-11-16-10-14-17(4)5/h16H,6-15H2,1-5H3. The minimum absolute atomic E-state index is 1.09. The Hall–Kier alpha value is -0.160. The SMILES string of the molecule is CCN(CC)CCCN(CC)CCNCCN(C)C. The van der Waals surface area contributed by atoms with Crippen LogP contribution in [-0.2, 0) is 0 Å². The molecule has 0 saturated heterocycles. The number of likely N-dealkylation sites (N-methyl/N-ethyl adjacent to an activating group) is 2. The number of nitrogens with one attached hydrogen (secondary N) is 1. The fourth-order valence-electron chi connectivity index (χ4n) is 2.15. The van der Waals surface area contributed by atoms with Gasteiger partial charge in [-0.05, 0) is 53.2 Å². The highest BCUT2D eigenvalue weighted by Gasteiger charge is 2.03. The van der Waals surface area contributed by atoms with Gasteiger partial charge in [0.15, 0.2) is 0 Å². The first kappa shape index (κ1) is 18.8. The van der Waals surface area contributed by atoms with Crippen LogP contribution in [0, 0.1) is 0 Å². The van der Waals surface area contributed by atoms with Gasteiger partial charge < -0.3 is 20.0 Å². The fourth-order valence-corrected chi connectivity index (χ4v) is 2.15. The fraction of sp³-hybridized carbons (Fsp3) is 1.00. The van der Waals surface area contributed by atoms with Crippen molar-refractivity contribution in [3.8, 4) is 0 Å². The Kier molecular flexibility index (Phi) is 12.7. The molecule has 0 aliphatic heterocycles. The zero-order chi connectivity index (χ0) is 14.5. The van der Waals surface area contributed by atoms with Crippen LogP contribution >= 0.6 is 0 Å². The molecule has 1 N–H and O–H groups in total. The first-order chi connectivity index (χ1) is 9.13. The zero-order valence-corrected chi connectivity index (χ0v) is 13.9. The van der Waals surface area contributed by atoms with E-state index < -0.39 is 0 Å². The monoisotopic (exact) mass is 272 g/mol. The van der Waals surface area contributed by atoms with Crippen molar-refractivity contribution in [2.75, 3.05) is 73.0 Å². The molecule has 0 unspecified atom stereocenters. The highest BCUT2D eigenvalue weighted by molar-refractivity contribution is 4.61. The Labute approximate surface area is 121 Å². The van der Waals surface area contributed by atoms with Gasteiger partial charge in [0.05, 0.1) is 0 Å². The maximum absolute atomic E-state index is 3.51. The first-order valence-electron chi connectivity index (χ1n) is 7.94. The van der Waals surface area contributed by atoms with Gasteiger partial charge in [-0.15, -0.1) is 0 Å². The first-order valence-corrected chi connectivity index (χ1v) is 7.94. The molecule has 0 fully saturated rings. The van der Waals surface area contributed by atoms with E-state index in [9.17, 15) is 0 Å². The summed E-state index contributed by atoms with van der Waals surface area (Å²) in [7, 11) is 4.24. The zero-order valence-electron chi connectivity index (χ0n) is 13.9. The van der Waals surface area contributed by atoms with Crippen molar-refractivity contribution >= 4 is 0 Å². The largest absolute Gasteiger partial charge is 0.314 e. The average Bonchev–Trinajstić information content (AvgIpc) is 2.40. The van der Waals surface area contributed by atoms with Crippen molar-refractivity contribution in [2.24, 2.45) is 0 Å². The molecule has 0 aromatic rings. The summed E-state index contributed by atoms with van der Waals surface area (Å²) in [6, 6.07) is 0. The minimum Gasteiger partial charge on any atom is -0.314 e. The van der Waals surface area contributed by atoms with Gasteiger partial charge in [-0.25, -0.2) is 0 Å². The Bertz CT molecular complexity index is 181. The Morgan fingerprint density at radius 3 is 1.74 bits per heavy atom. The third kappa shape index (κ3) is 11.4.